The standard InChI is InChI=1S/C46H51BN6O3/c1-44(2)45(3,4)56-47(55-44)32-18-17-27-41(49-46(38-21-11-6-12-22-38,39-23-13-7-14-24-39)40-25-15-8-16-26-40)43-50-51-52-53(43)34-42(54)48-33-35-28-30-37(31-29-35)36-19-9-5-10-20-36/h5-16,19-26,28-31,41,49H,17-18,27,32-34H2,1-4H3,(H,48,54). The maximum atomic E-state index is 13.5. The number of unbranched alkanes of at least 4 members (excludes halogenated alkanes) is 1. The number of carbonyl (C=O) groups is 1. The molecule has 1 fully saturated rings. The summed E-state index contributed by atoms with van der Waals surface area (Å²) in [7, 11) is -0.271. The average Bonchev–Trinajstić information content (AvgIpc) is 3.77. The summed E-state index contributed by atoms with van der Waals surface area (Å²) in [4.78, 5) is 13.5. The zero-order valence-corrected chi connectivity index (χ0v) is 32.8. The Morgan fingerprint density at radius 3 is 1.73 bits per heavy atom. The Hall–Kier alpha value is -5.42. The fourth-order valence-corrected chi connectivity index (χ4v) is 7.50. The lowest BCUT2D eigenvalue weighted by Crippen LogP contribution is -2.47. The highest BCUT2D eigenvalue weighted by atomic mass is 16.7. The molecule has 1 saturated heterocycles. The molecule has 1 aliphatic heterocycles. The molecular weight excluding hydrogens is 695 g/mol. The van der Waals surface area contributed by atoms with Crippen LogP contribution in [0.1, 0.15) is 81.1 Å². The third-order valence-corrected chi connectivity index (χ3v) is 11.2. The van der Waals surface area contributed by atoms with E-state index in [2.05, 4.69) is 151 Å². The first kappa shape index (κ1) is 38.8. The summed E-state index contributed by atoms with van der Waals surface area (Å²) in [5.74, 6) is 0.417. The van der Waals surface area contributed by atoms with Gasteiger partial charge in [0, 0.05) is 6.54 Å². The number of carbonyl (C=O) groups excluding carboxylic acids is 1. The van der Waals surface area contributed by atoms with E-state index >= 15 is 0 Å². The second-order valence-electron chi connectivity index (χ2n) is 15.5. The lowest BCUT2D eigenvalue weighted by Gasteiger charge is -2.40. The number of hydrogen-bond donors (Lipinski definition) is 2. The second kappa shape index (κ2) is 17.2. The number of rotatable bonds is 16. The number of tetrazole rings is 1. The van der Waals surface area contributed by atoms with E-state index in [4.69, 9.17) is 9.31 Å². The molecule has 0 spiro atoms. The largest absolute Gasteiger partial charge is 0.457 e. The Balaban J connectivity index is 1.15. The molecule has 2 N–H and O–H groups in total. The van der Waals surface area contributed by atoms with Crippen LogP contribution in [0.3, 0.4) is 0 Å². The van der Waals surface area contributed by atoms with Gasteiger partial charge in [-0.05, 0) is 84.2 Å². The molecule has 1 atom stereocenters. The maximum Gasteiger partial charge on any atom is 0.457 e. The molecule has 0 saturated carbocycles. The van der Waals surface area contributed by atoms with Crippen LogP contribution in [0.2, 0.25) is 6.32 Å². The summed E-state index contributed by atoms with van der Waals surface area (Å²) in [5, 5.41) is 20.3. The third kappa shape index (κ3) is 8.68. The van der Waals surface area contributed by atoms with E-state index in [1.165, 1.54) is 0 Å². The minimum atomic E-state index is -0.773. The fraction of sp³-hybridized carbons (Fsp3) is 0.304. The molecule has 286 valence electrons. The molecule has 1 amide bonds. The Morgan fingerprint density at radius 2 is 1.20 bits per heavy atom. The van der Waals surface area contributed by atoms with Gasteiger partial charge in [-0.25, -0.2) is 4.68 Å². The van der Waals surface area contributed by atoms with Crippen LogP contribution in [-0.2, 0) is 32.7 Å². The van der Waals surface area contributed by atoms with E-state index < -0.39 is 5.54 Å². The Labute approximate surface area is 331 Å². The topological polar surface area (TPSA) is 103 Å². The lowest BCUT2D eigenvalue weighted by atomic mass is 9.76. The van der Waals surface area contributed by atoms with Gasteiger partial charge in [-0.3, -0.25) is 10.1 Å². The predicted octanol–water partition coefficient (Wildman–Crippen LogP) is 8.54. The first-order valence-electron chi connectivity index (χ1n) is 19.6. The van der Waals surface area contributed by atoms with Crippen LogP contribution < -0.4 is 10.6 Å². The molecular formula is C46H51BN6O3. The van der Waals surface area contributed by atoms with E-state index in [-0.39, 0.29) is 36.8 Å². The van der Waals surface area contributed by atoms with Crippen molar-refractivity contribution in [3.63, 3.8) is 0 Å². The number of nitrogens with one attached hydrogen (secondary N) is 2. The normalized spacial score (nSPS) is 15.4. The number of amides is 1. The van der Waals surface area contributed by atoms with Crippen molar-refractivity contribution in [1.29, 1.82) is 0 Å². The number of nitrogens with zero attached hydrogens (tertiary/aromatic N) is 4. The van der Waals surface area contributed by atoms with Gasteiger partial charge in [-0.15, -0.1) is 5.10 Å². The fourth-order valence-electron chi connectivity index (χ4n) is 7.50. The van der Waals surface area contributed by atoms with Crippen LogP contribution in [0, 0.1) is 0 Å². The molecule has 0 aliphatic carbocycles. The van der Waals surface area contributed by atoms with Crippen molar-refractivity contribution in [2.45, 2.75) is 89.1 Å². The summed E-state index contributed by atoms with van der Waals surface area (Å²) < 4.78 is 14.3. The molecule has 0 bridgehead atoms. The van der Waals surface area contributed by atoms with Crippen molar-refractivity contribution >= 4 is 13.0 Å². The molecule has 7 rings (SSSR count). The quantitative estimate of drug-likeness (QED) is 0.0582. The first-order valence-corrected chi connectivity index (χ1v) is 19.6. The van der Waals surface area contributed by atoms with Crippen LogP contribution >= 0.6 is 0 Å². The van der Waals surface area contributed by atoms with Crippen LogP contribution in [-0.4, -0.2) is 44.4 Å². The molecule has 2 heterocycles. The highest BCUT2D eigenvalue weighted by Crippen LogP contribution is 2.41. The van der Waals surface area contributed by atoms with Crippen molar-refractivity contribution in [2.75, 3.05) is 0 Å². The van der Waals surface area contributed by atoms with E-state index in [1.54, 1.807) is 4.68 Å². The van der Waals surface area contributed by atoms with Gasteiger partial charge in [-0.2, -0.15) is 0 Å². The minimum Gasteiger partial charge on any atom is -0.403 e. The second-order valence-corrected chi connectivity index (χ2v) is 15.5. The van der Waals surface area contributed by atoms with Crippen LogP contribution in [0.4, 0.5) is 0 Å². The molecule has 56 heavy (non-hydrogen) atoms. The SMILES string of the molecule is CC1(C)OB(CCCCC(NC(c2ccccc2)(c2ccccc2)c2ccccc2)c2nnnn2CC(=O)NCc2ccc(-c3ccccc3)cc2)OC1(C)C. The van der Waals surface area contributed by atoms with Crippen molar-refractivity contribution in [2.24, 2.45) is 0 Å². The summed E-state index contributed by atoms with van der Waals surface area (Å²) >= 11 is 0. The Kier molecular flexibility index (Phi) is 11.9. The maximum absolute atomic E-state index is 13.5. The highest BCUT2D eigenvalue weighted by molar-refractivity contribution is 6.45. The minimum absolute atomic E-state index is 0.0223. The van der Waals surface area contributed by atoms with Gasteiger partial charge in [0.05, 0.1) is 22.8 Å². The summed E-state index contributed by atoms with van der Waals surface area (Å²) in [6.07, 6.45) is 3.17. The summed E-state index contributed by atoms with van der Waals surface area (Å²) in [6, 6.07) is 49.6. The number of benzene rings is 5. The predicted molar refractivity (Wildman–Crippen MR) is 221 cm³/mol. The first-order chi connectivity index (χ1) is 27.1. The molecule has 1 aromatic heterocycles. The van der Waals surface area contributed by atoms with Gasteiger partial charge in [0.2, 0.25) is 5.91 Å². The molecule has 6 aromatic rings. The van der Waals surface area contributed by atoms with Crippen LogP contribution in [0.5, 0.6) is 0 Å². The van der Waals surface area contributed by atoms with E-state index in [1.807, 2.05) is 48.5 Å². The molecule has 5 aromatic carbocycles. The van der Waals surface area contributed by atoms with E-state index in [9.17, 15) is 4.79 Å². The van der Waals surface area contributed by atoms with Gasteiger partial charge in [0.25, 0.3) is 0 Å². The van der Waals surface area contributed by atoms with E-state index in [0.29, 0.717) is 18.8 Å². The highest BCUT2D eigenvalue weighted by Gasteiger charge is 2.50. The van der Waals surface area contributed by atoms with Gasteiger partial charge in [-0.1, -0.05) is 158 Å². The van der Waals surface area contributed by atoms with Gasteiger partial charge in [0.1, 0.15) is 6.54 Å². The Bertz CT molecular complexity index is 2030. The van der Waals surface area contributed by atoms with Gasteiger partial charge >= 0.3 is 7.12 Å². The van der Waals surface area contributed by atoms with Crippen LogP contribution in [0.15, 0.2) is 146 Å². The van der Waals surface area contributed by atoms with Crippen molar-refractivity contribution in [3.05, 3.63) is 174 Å². The molecule has 10 heteroatoms. The molecule has 1 unspecified atom stereocenters. The third-order valence-electron chi connectivity index (χ3n) is 11.2. The van der Waals surface area contributed by atoms with Crippen molar-refractivity contribution in [3.8, 4) is 11.1 Å². The van der Waals surface area contributed by atoms with Crippen molar-refractivity contribution in [1.82, 2.24) is 30.8 Å². The zero-order valence-electron chi connectivity index (χ0n) is 32.8. The lowest BCUT2D eigenvalue weighted by molar-refractivity contribution is -0.122. The van der Waals surface area contributed by atoms with E-state index in [0.717, 1.165) is 52.5 Å². The molecule has 0 radical (unpaired) electrons. The van der Waals surface area contributed by atoms with Gasteiger partial charge < -0.3 is 14.6 Å². The smallest absolute Gasteiger partial charge is 0.403 e. The number of hydrogen-bond acceptors (Lipinski definition) is 7. The summed E-state index contributed by atoms with van der Waals surface area (Å²) in [6.45, 7) is 8.71. The average molecular weight is 747 g/mol. The molecule has 1 aliphatic rings. The molecule has 9 nitrogen and oxygen atoms in total. The van der Waals surface area contributed by atoms with Crippen LogP contribution in [0.25, 0.3) is 11.1 Å². The van der Waals surface area contributed by atoms with Crippen molar-refractivity contribution < 1.29 is 14.1 Å². The zero-order chi connectivity index (χ0) is 39.0. The monoisotopic (exact) mass is 746 g/mol. The summed E-state index contributed by atoms with van der Waals surface area (Å²) in [5.41, 5.74) is 5.00. The Morgan fingerprint density at radius 1 is 0.696 bits per heavy atom. The number of aromatic nitrogens is 4. The van der Waals surface area contributed by atoms with Gasteiger partial charge in [0.15, 0.2) is 5.82 Å².